The number of nitrogens with zero attached hydrogens (tertiary/aromatic N) is 4. The number of piperazine rings is 1. The molecule has 1 saturated heterocycles. The maximum absolute atomic E-state index is 14.4. The van der Waals surface area contributed by atoms with Crippen LogP contribution in [0.2, 0.25) is 0 Å². The summed E-state index contributed by atoms with van der Waals surface area (Å²) in [6, 6.07) is 18.8. The molecular formula is C46H62N6O8S. The van der Waals surface area contributed by atoms with Gasteiger partial charge in [0.25, 0.3) is 5.91 Å². The first kappa shape index (κ1) is 46.8. The number of carbonyl (C=O) groups excluding carboxylic acids is 4. The number of hydrogen-bond donors (Lipinski definition) is 2. The van der Waals surface area contributed by atoms with E-state index in [0.29, 0.717) is 57.5 Å². The van der Waals surface area contributed by atoms with Gasteiger partial charge < -0.3 is 34.3 Å². The molecule has 0 saturated carbocycles. The van der Waals surface area contributed by atoms with Crippen LogP contribution in [-0.4, -0.2) is 117 Å². The van der Waals surface area contributed by atoms with Crippen molar-refractivity contribution in [1.29, 1.82) is 0 Å². The Morgan fingerprint density at radius 1 is 0.820 bits per heavy atom. The molecule has 1 aliphatic carbocycles. The van der Waals surface area contributed by atoms with Gasteiger partial charge in [-0.1, -0.05) is 38.0 Å². The number of hydrogen-bond acceptors (Lipinski definition) is 9. The minimum absolute atomic E-state index is 0.0399. The molecule has 0 bridgehead atoms. The van der Waals surface area contributed by atoms with Gasteiger partial charge in [-0.3, -0.25) is 19.2 Å². The van der Waals surface area contributed by atoms with E-state index in [1.165, 1.54) is 0 Å². The third kappa shape index (κ3) is 12.2. The number of anilines is 1. The van der Waals surface area contributed by atoms with E-state index in [1.54, 1.807) is 9.80 Å². The number of rotatable bonds is 20. The van der Waals surface area contributed by atoms with E-state index < -0.39 is 33.7 Å². The van der Waals surface area contributed by atoms with Crippen LogP contribution in [0.25, 0.3) is 33.4 Å². The van der Waals surface area contributed by atoms with Gasteiger partial charge in [-0.2, -0.15) is 0 Å². The molecule has 2 aromatic rings. The third-order valence-corrected chi connectivity index (χ3v) is 12.2. The van der Waals surface area contributed by atoms with Crippen LogP contribution in [0.1, 0.15) is 89.9 Å². The molecule has 1 fully saturated rings. The van der Waals surface area contributed by atoms with E-state index in [9.17, 15) is 32.1 Å². The van der Waals surface area contributed by atoms with E-state index in [4.69, 9.17) is 4.42 Å². The second-order valence-electron chi connectivity index (χ2n) is 15.5. The van der Waals surface area contributed by atoms with Crippen molar-refractivity contribution in [2.24, 2.45) is 0 Å². The lowest BCUT2D eigenvalue weighted by Crippen LogP contribution is -2.50. The fourth-order valence-corrected chi connectivity index (χ4v) is 8.67. The van der Waals surface area contributed by atoms with Gasteiger partial charge in [0.1, 0.15) is 30.5 Å². The molecule has 4 amide bonds. The first-order valence-electron chi connectivity index (χ1n) is 21.8. The quantitative estimate of drug-likeness (QED) is 0.0534. The standard InChI is InChI=1S/C46H62N6O8S/c1-6-11-16-25-47-45(55)39(32-61(57,58)59)48-42(53)19-14-15-20-43(54)51-26-28-52(29-27-51)46(56)36-18-13-12-17-35(36)44-37-23-21-33(49(7-2)8-3)30-40(37)60-41-31-34(22-24-38(41)44)50(9-4)10-5/h12-13,17-18,21-24,30-31,39H,6-11,14-16,19-20,25-29,32H2,1-5H3,(H2-,47,48,53,55,57,58,59). The molecule has 330 valence electrons. The zero-order chi connectivity index (χ0) is 44.1. The minimum Gasteiger partial charge on any atom is -0.748 e. The molecule has 0 aromatic heterocycles. The van der Waals surface area contributed by atoms with Gasteiger partial charge in [-0.15, -0.1) is 0 Å². The molecule has 14 nitrogen and oxygen atoms in total. The summed E-state index contributed by atoms with van der Waals surface area (Å²) in [5.74, 6) is -1.80. The van der Waals surface area contributed by atoms with Crippen LogP contribution < -0.4 is 25.5 Å². The molecule has 2 N–H and O–H groups in total. The number of fused-ring (bicyclic) bond motifs is 2. The Morgan fingerprint density at radius 2 is 1.51 bits per heavy atom. The highest BCUT2D eigenvalue weighted by Crippen LogP contribution is 2.42. The summed E-state index contributed by atoms with van der Waals surface area (Å²) in [4.78, 5) is 58.6. The predicted octanol–water partition coefficient (Wildman–Crippen LogP) is 5.04. The number of carbonyl (C=O) groups is 4. The maximum Gasteiger partial charge on any atom is 0.254 e. The van der Waals surface area contributed by atoms with Crippen LogP contribution in [-0.2, 0) is 24.5 Å². The summed E-state index contributed by atoms with van der Waals surface area (Å²) in [5, 5.41) is 6.93. The lowest BCUT2D eigenvalue weighted by atomic mass is 9.90. The normalized spacial score (nSPS) is 13.6. The summed E-state index contributed by atoms with van der Waals surface area (Å²) < 4.78 is 43.2. The van der Waals surface area contributed by atoms with E-state index in [0.717, 1.165) is 83.5 Å². The fraction of sp³-hybridized carbons (Fsp3) is 0.500. The van der Waals surface area contributed by atoms with Crippen molar-refractivity contribution in [3.05, 3.63) is 71.6 Å². The molecule has 0 radical (unpaired) electrons. The van der Waals surface area contributed by atoms with E-state index in [-0.39, 0.29) is 24.7 Å². The second-order valence-corrected chi connectivity index (χ2v) is 16.9. The number of nitrogens with one attached hydrogen (secondary N) is 2. The van der Waals surface area contributed by atoms with Crippen molar-refractivity contribution >= 4 is 50.4 Å². The summed E-state index contributed by atoms with van der Waals surface area (Å²) in [6.07, 6.45) is 3.36. The van der Waals surface area contributed by atoms with Crippen LogP contribution in [0.4, 0.5) is 5.69 Å². The average Bonchev–Trinajstić information content (AvgIpc) is 3.25. The van der Waals surface area contributed by atoms with Crippen LogP contribution >= 0.6 is 0 Å². The van der Waals surface area contributed by atoms with Gasteiger partial charge in [0.2, 0.25) is 23.1 Å². The van der Waals surface area contributed by atoms with Crippen LogP contribution in [0.5, 0.6) is 0 Å². The van der Waals surface area contributed by atoms with Crippen molar-refractivity contribution < 1.29 is 36.6 Å². The Bertz CT molecular complexity index is 2310. The van der Waals surface area contributed by atoms with Gasteiger partial charge in [0.15, 0.2) is 0 Å². The first-order chi connectivity index (χ1) is 29.3. The Labute approximate surface area is 360 Å². The Kier molecular flexibility index (Phi) is 16.9. The molecule has 1 unspecified atom stereocenters. The molecule has 1 atom stereocenters. The van der Waals surface area contributed by atoms with Crippen LogP contribution in [0, 0.1) is 0 Å². The Hall–Kier alpha value is -5.28. The molecular weight excluding hydrogens is 797 g/mol. The summed E-state index contributed by atoms with van der Waals surface area (Å²) in [5.41, 5.74) is 5.01. The Morgan fingerprint density at radius 3 is 2.18 bits per heavy atom. The highest BCUT2D eigenvalue weighted by atomic mass is 32.2. The largest absolute Gasteiger partial charge is 0.748 e. The van der Waals surface area contributed by atoms with E-state index in [1.807, 2.05) is 31.2 Å². The van der Waals surface area contributed by atoms with Crippen molar-refractivity contribution in [1.82, 2.24) is 25.0 Å². The number of unbranched alkanes of at least 4 members (excludes halogenated alkanes) is 3. The number of amides is 4. The topological polar surface area (TPSA) is 175 Å². The SMILES string of the molecule is CCCCCNC(=O)C(CS(=O)(=O)[O-])NC(=O)CCCCC(=O)N1CCN(C(=O)c2ccccc2-c2c3ccc(=[N+](CC)CC)cc-3oc3cc(N(CC)CC)ccc23)CC1. The molecule has 2 aliphatic heterocycles. The molecule has 61 heavy (non-hydrogen) atoms. The zero-order valence-electron chi connectivity index (χ0n) is 36.3. The lowest BCUT2D eigenvalue weighted by Gasteiger charge is -2.35. The number of benzene rings is 3. The van der Waals surface area contributed by atoms with Gasteiger partial charge in [-0.25, -0.2) is 13.0 Å². The van der Waals surface area contributed by atoms with Crippen molar-refractivity contribution in [2.45, 2.75) is 85.6 Å². The summed E-state index contributed by atoms with van der Waals surface area (Å²) in [6.45, 7) is 15.7. The van der Waals surface area contributed by atoms with Crippen LogP contribution in [0.15, 0.2) is 65.1 Å². The van der Waals surface area contributed by atoms with Gasteiger partial charge in [0.05, 0.1) is 21.9 Å². The second kappa shape index (κ2) is 22.0. The summed E-state index contributed by atoms with van der Waals surface area (Å²) >= 11 is 0. The monoisotopic (exact) mass is 858 g/mol. The average molecular weight is 859 g/mol. The van der Waals surface area contributed by atoms with Gasteiger partial charge >= 0.3 is 0 Å². The fourth-order valence-electron chi connectivity index (χ4n) is 8.03. The summed E-state index contributed by atoms with van der Waals surface area (Å²) in [7, 11) is -4.77. The molecule has 0 spiro atoms. The predicted molar refractivity (Wildman–Crippen MR) is 238 cm³/mol. The van der Waals surface area contributed by atoms with Crippen molar-refractivity contribution in [3.63, 3.8) is 0 Å². The molecule has 2 aromatic carbocycles. The highest BCUT2D eigenvalue weighted by molar-refractivity contribution is 7.85. The third-order valence-electron chi connectivity index (χ3n) is 11.4. The van der Waals surface area contributed by atoms with Crippen molar-refractivity contribution in [2.75, 3.05) is 69.6 Å². The molecule has 15 heteroatoms. The van der Waals surface area contributed by atoms with Crippen molar-refractivity contribution in [3.8, 4) is 22.5 Å². The Balaban J connectivity index is 1.26. The van der Waals surface area contributed by atoms with Crippen LogP contribution in [0.3, 0.4) is 0 Å². The lowest BCUT2D eigenvalue weighted by molar-refractivity contribution is -0.133. The van der Waals surface area contributed by atoms with E-state index in [2.05, 4.69) is 84.2 Å². The molecule has 5 rings (SSSR count). The highest BCUT2D eigenvalue weighted by Gasteiger charge is 2.29. The first-order valence-corrected chi connectivity index (χ1v) is 23.4. The zero-order valence-corrected chi connectivity index (χ0v) is 37.2. The maximum atomic E-state index is 14.4. The molecule has 2 heterocycles. The molecule has 3 aliphatic rings. The smallest absolute Gasteiger partial charge is 0.254 e. The van der Waals surface area contributed by atoms with Gasteiger partial charge in [0, 0.05) is 98.6 Å². The van der Waals surface area contributed by atoms with Gasteiger partial charge in [-0.05, 0) is 76.8 Å². The minimum atomic E-state index is -4.77. The van der Waals surface area contributed by atoms with E-state index >= 15 is 0 Å².